The fourth-order valence-corrected chi connectivity index (χ4v) is 3.19. The number of nitrogens with one attached hydrogen (secondary N) is 1. The van der Waals surface area contributed by atoms with Crippen LogP contribution >= 0.6 is 0 Å². The van der Waals surface area contributed by atoms with Crippen LogP contribution in [-0.4, -0.2) is 19.6 Å². The number of benzene rings is 1. The van der Waals surface area contributed by atoms with E-state index in [1.165, 1.54) is 0 Å². The van der Waals surface area contributed by atoms with Gasteiger partial charge in [-0.25, -0.2) is 8.42 Å². The summed E-state index contributed by atoms with van der Waals surface area (Å²) < 4.78 is 25.7. The third-order valence-corrected chi connectivity index (χ3v) is 5.22. The highest BCUT2D eigenvalue weighted by Gasteiger charge is 2.40. The van der Waals surface area contributed by atoms with Crippen molar-refractivity contribution in [3.63, 3.8) is 0 Å². The smallest absolute Gasteiger partial charge is 0.243 e. The van der Waals surface area contributed by atoms with E-state index in [-0.39, 0.29) is 0 Å². The normalized spacial score (nSPS) is 16.1. The molecule has 0 radical (unpaired) electrons. The van der Waals surface area contributed by atoms with Gasteiger partial charge in [-0.2, -0.15) is 0 Å². The topological polar surface area (TPSA) is 89.3 Å². The molecule has 5 nitrogen and oxygen atoms in total. The second-order valence-electron chi connectivity index (χ2n) is 5.42. The number of carbonyl (C=O) groups is 1. The molecule has 1 fully saturated rings. The van der Waals surface area contributed by atoms with E-state index in [0.29, 0.717) is 18.5 Å². The summed E-state index contributed by atoms with van der Waals surface area (Å²) in [7, 11) is -3.51. The lowest BCUT2D eigenvalue weighted by molar-refractivity contribution is -0.123. The first-order valence-corrected chi connectivity index (χ1v) is 7.70. The van der Waals surface area contributed by atoms with Gasteiger partial charge in [0.25, 0.3) is 0 Å². The molecule has 0 heterocycles. The molecule has 1 aliphatic rings. The average Bonchev–Trinajstić information content (AvgIpc) is 3.12. The van der Waals surface area contributed by atoms with Gasteiger partial charge < -0.3 is 5.73 Å². The van der Waals surface area contributed by atoms with Crippen molar-refractivity contribution in [2.24, 2.45) is 0 Å². The molecule has 2 rings (SSSR count). The number of nitrogen functional groups attached to an aromatic ring is 1. The lowest BCUT2D eigenvalue weighted by Gasteiger charge is -2.24. The zero-order chi connectivity index (χ0) is 14.3. The number of amides is 1. The van der Waals surface area contributed by atoms with Crippen molar-refractivity contribution in [1.82, 2.24) is 4.72 Å². The summed E-state index contributed by atoms with van der Waals surface area (Å²) in [4.78, 5) is 12.2. The van der Waals surface area contributed by atoms with E-state index < -0.39 is 26.6 Å². The van der Waals surface area contributed by atoms with Crippen LogP contribution in [0.5, 0.6) is 0 Å². The highest BCUT2D eigenvalue weighted by Crippen LogP contribution is 2.29. The third kappa shape index (κ3) is 2.89. The molecule has 6 heteroatoms. The Hall–Kier alpha value is -1.56. The summed E-state index contributed by atoms with van der Waals surface area (Å²) in [5.74, 6) is -0.510. The van der Waals surface area contributed by atoms with Gasteiger partial charge in [0.2, 0.25) is 15.9 Å². The maximum absolute atomic E-state index is 12.2. The molecule has 1 aromatic carbocycles. The van der Waals surface area contributed by atoms with Crippen molar-refractivity contribution < 1.29 is 13.2 Å². The molecule has 0 atom stereocenters. The summed E-state index contributed by atoms with van der Waals surface area (Å²) in [5, 5.41) is -0.404. The first-order chi connectivity index (χ1) is 8.73. The van der Waals surface area contributed by atoms with E-state index >= 15 is 0 Å². The van der Waals surface area contributed by atoms with Crippen LogP contribution in [0.1, 0.15) is 32.3 Å². The van der Waals surface area contributed by atoms with E-state index in [2.05, 4.69) is 4.72 Å². The van der Waals surface area contributed by atoms with Crippen molar-refractivity contribution >= 4 is 21.6 Å². The van der Waals surface area contributed by atoms with Crippen molar-refractivity contribution in [2.45, 2.75) is 37.4 Å². The summed E-state index contributed by atoms with van der Waals surface area (Å²) in [6.45, 7) is 3.38. The summed E-state index contributed by atoms with van der Waals surface area (Å²) >= 11 is 0. The average molecular weight is 282 g/mol. The van der Waals surface area contributed by atoms with Gasteiger partial charge in [-0.3, -0.25) is 9.52 Å². The Morgan fingerprint density at radius 3 is 2.26 bits per heavy atom. The zero-order valence-electron chi connectivity index (χ0n) is 11.0. The number of anilines is 1. The Morgan fingerprint density at radius 2 is 1.79 bits per heavy atom. The van der Waals surface area contributed by atoms with Crippen LogP contribution in [0.2, 0.25) is 0 Å². The van der Waals surface area contributed by atoms with E-state index in [1.807, 2.05) is 0 Å². The van der Waals surface area contributed by atoms with Gasteiger partial charge in [-0.05, 0) is 44.4 Å². The van der Waals surface area contributed by atoms with E-state index in [4.69, 9.17) is 5.73 Å². The van der Waals surface area contributed by atoms with Crippen LogP contribution in [-0.2, 0) is 20.2 Å². The Kier molecular flexibility index (Phi) is 3.30. The minimum absolute atomic E-state index is 0.404. The molecule has 1 aliphatic carbocycles. The Morgan fingerprint density at radius 1 is 1.26 bits per heavy atom. The SMILES string of the molecule is CC(C)(C(=O)NS(=O)(=O)C1CC1)c1ccc(N)cc1. The number of nitrogens with two attached hydrogens (primary N) is 1. The number of hydrogen-bond donors (Lipinski definition) is 2. The predicted molar refractivity (Wildman–Crippen MR) is 74.0 cm³/mol. The minimum atomic E-state index is -3.51. The third-order valence-electron chi connectivity index (χ3n) is 3.40. The largest absolute Gasteiger partial charge is 0.399 e. The van der Waals surface area contributed by atoms with Gasteiger partial charge in [0.05, 0.1) is 10.7 Å². The molecule has 0 unspecified atom stereocenters. The highest BCUT2D eigenvalue weighted by atomic mass is 32.2. The zero-order valence-corrected chi connectivity index (χ0v) is 11.8. The second kappa shape index (κ2) is 4.52. The van der Waals surface area contributed by atoms with Gasteiger partial charge in [-0.15, -0.1) is 0 Å². The van der Waals surface area contributed by atoms with Crippen LogP contribution in [0, 0.1) is 0 Å². The highest BCUT2D eigenvalue weighted by molar-refractivity contribution is 7.90. The Labute approximate surface area is 113 Å². The van der Waals surface area contributed by atoms with E-state index in [0.717, 1.165) is 5.56 Å². The van der Waals surface area contributed by atoms with E-state index in [9.17, 15) is 13.2 Å². The Bertz CT molecular complexity index is 587. The summed E-state index contributed by atoms with van der Waals surface area (Å²) in [6, 6.07) is 6.86. The second-order valence-corrected chi connectivity index (χ2v) is 7.38. The molecule has 0 aliphatic heterocycles. The molecule has 0 saturated heterocycles. The van der Waals surface area contributed by atoms with Crippen molar-refractivity contribution in [2.75, 3.05) is 5.73 Å². The van der Waals surface area contributed by atoms with Gasteiger partial charge >= 0.3 is 0 Å². The van der Waals surface area contributed by atoms with Crippen LogP contribution in [0.3, 0.4) is 0 Å². The van der Waals surface area contributed by atoms with Gasteiger partial charge in [-0.1, -0.05) is 12.1 Å². The molecular weight excluding hydrogens is 264 g/mol. The van der Waals surface area contributed by atoms with Gasteiger partial charge in [0.15, 0.2) is 0 Å². The maximum Gasteiger partial charge on any atom is 0.243 e. The number of rotatable bonds is 4. The fraction of sp³-hybridized carbons (Fsp3) is 0.462. The molecule has 104 valence electrons. The Balaban J connectivity index is 2.19. The van der Waals surface area contributed by atoms with Gasteiger partial charge in [0, 0.05) is 5.69 Å². The van der Waals surface area contributed by atoms with Crippen molar-refractivity contribution in [1.29, 1.82) is 0 Å². The van der Waals surface area contributed by atoms with E-state index in [1.54, 1.807) is 38.1 Å². The van der Waals surface area contributed by atoms with Crippen molar-refractivity contribution in [3.05, 3.63) is 29.8 Å². The number of hydrogen-bond acceptors (Lipinski definition) is 4. The quantitative estimate of drug-likeness (QED) is 0.811. The van der Waals surface area contributed by atoms with Crippen LogP contribution in [0.25, 0.3) is 0 Å². The molecule has 0 spiro atoms. The summed E-state index contributed by atoms with van der Waals surface area (Å²) in [6.07, 6.45) is 1.26. The predicted octanol–water partition coefficient (Wildman–Crippen LogP) is 1.15. The molecular formula is C13H18N2O3S. The van der Waals surface area contributed by atoms with Crippen LogP contribution < -0.4 is 10.5 Å². The van der Waals surface area contributed by atoms with Crippen molar-refractivity contribution in [3.8, 4) is 0 Å². The molecule has 0 aromatic heterocycles. The monoisotopic (exact) mass is 282 g/mol. The first-order valence-electron chi connectivity index (χ1n) is 6.15. The lowest BCUT2D eigenvalue weighted by Crippen LogP contribution is -2.44. The standard InChI is InChI=1S/C13H18N2O3S/c1-13(2,9-3-5-10(14)6-4-9)12(16)15-19(17,18)11-7-8-11/h3-6,11H,7-8,14H2,1-2H3,(H,15,16). The van der Waals surface area contributed by atoms with Gasteiger partial charge in [0.1, 0.15) is 0 Å². The van der Waals surface area contributed by atoms with Crippen LogP contribution in [0.15, 0.2) is 24.3 Å². The number of sulfonamides is 1. The molecule has 3 N–H and O–H groups in total. The summed E-state index contributed by atoms with van der Waals surface area (Å²) in [5.41, 5.74) is 6.01. The lowest BCUT2D eigenvalue weighted by atomic mass is 9.84. The van der Waals surface area contributed by atoms with Crippen LogP contribution in [0.4, 0.5) is 5.69 Å². The molecule has 19 heavy (non-hydrogen) atoms. The molecule has 1 aromatic rings. The maximum atomic E-state index is 12.2. The molecule has 1 saturated carbocycles. The fourth-order valence-electron chi connectivity index (χ4n) is 1.75. The first kappa shape index (κ1) is 13.9. The number of carbonyl (C=O) groups excluding carboxylic acids is 1. The molecule has 1 amide bonds. The minimum Gasteiger partial charge on any atom is -0.399 e. The molecule has 0 bridgehead atoms.